The Morgan fingerprint density at radius 1 is 1.35 bits per heavy atom. The van der Waals surface area contributed by atoms with E-state index in [4.69, 9.17) is 4.52 Å². The molecule has 0 amide bonds. The lowest BCUT2D eigenvalue weighted by Crippen LogP contribution is -2.34. The van der Waals surface area contributed by atoms with E-state index in [1.54, 1.807) is 11.3 Å². The van der Waals surface area contributed by atoms with E-state index < -0.39 is 0 Å². The number of hydrogen-bond donors (Lipinski definition) is 1. The van der Waals surface area contributed by atoms with Gasteiger partial charge in [-0.15, -0.1) is 11.3 Å². The summed E-state index contributed by atoms with van der Waals surface area (Å²) >= 11 is 1.62. The summed E-state index contributed by atoms with van der Waals surface area (Å²) in [4.78, 5) is 5.48. The van der Waals surface area contributed by atoms with Crippen LogP contribution in [0.3, 0.4) is 0 Å². The molecule has 0 aromatic carbocycles. The van der Waals surface area contributed by atoms with Gasteiger partial charge >= 0.3 is 0 Å². The number of rotatable bonds is 8. The SMILES string of the molecule is C[C@H]([C@@H](C)NCCCc1nc(-c2cccs2)no1)n1cccn1. The molecule has 3 aromatic rings. The first-order chi connectivity index (χ1) is 11.2. The molecule has 23 heavy (non-hydrogen) atoms. The highest BCUT2D eigenvalue weighted by molar-refractivity contribution is 7.13. The highest BCUT2D eigenvalue weighted by Crippen LogP contribution is 2.21. The van der Waals surface area contributed by atoms with Crippen LogP contribution in [0.5, 0.6) is 0 Å². The van der Waals surface area contributed by atoms with Crippen molar-refractivity contribution in [1.29, 1.82) is 0 Å². The van der Waals surface area contributed by atoms with Crippen LogP contribution < -0.4 is 5.32 Å². The summed E-state index contributed by atoms with van der Waals surface area (Å²) in [6.07, 6.45) is 5.55. The fourth-order valence-corrected chi connectivity index (χ4v) is 3.00. The Hall–Kier alpha value is -1.99. The lowest BCUT2D eigenvalue weighted by Gasteiger charge is -2.21. The molecule has 122 valence electrons. The molecule has 0 saturated carbocycles. The first-order valence-electron chi connectivity index (χ1n) is 7.83. The second kappa shape index (κ2) is 7.52. The monoisotopic (exact) mass is 331 g/mol. The van der Waals surface area contributed by atoms with E-state index in [-0.39, 0.29) is 0 Å². The van der Waals surface area contributed by atoms with Gasteiger partial charge in [0.15, 0.2) is 0 Å². The number of hydrogen-bond acceptors (Lipinski definition) is 6. The molecular weight excluding hydrogens is 310 g/mol. The largest absolute Gasteiger partial charge is 0.339 e. The zero-order chi connectivity index (χ0) is 16.1. The molecule has 0 unspecified atom stereocenters. The van der Waals surface area contributed by atoms with Crippen LogP contribution in [0.25, 0.3) is 10.7 Å². The topological polar surface area (TPSA) is 68.8 Å². The van der Waals surface area contributed by atoms with Gasteiger partial charge < -0.3 is 9.84 Å². The van der Waals surface area contributed by atoms with E-state index in [1.165, 1.54) is 0 Å². The van der Waals surface area contributed by atoms with E-state index in [0.29, 0.717) is 23.8 Å². The maximum Gasteiger partial charge on any atom is 0.227 e. The molecule has 0 radical (unpaired) electrons. The fourth-order valence-electron chi connectivity index (χ4n) is 2.35. The van der Waals surface area contributed by atoms with Crippen LogP contribution in [0.4, 0.5) is 0 Å². The van der Waals surface area contributed by atoms with Crippen LogP contribution in [-0.2, 0) is 6.42 Å². The van der Waals surface area contributed by atoms with Crippen molar-refractivity contribution >= 4 is 11.3 Å². The van der Waals surface area contributed by atoms with Gasteiger partial charge in [-0.25, -0.2) is 0 Å². The number of nitrogens with zero attached hydrogens (tertiary/aromatic N) is 4. The average Bonchev–Trinajstić information content (AvgIpc) is 3.32. The quantitative estimate of drug-likeness (QED) is 0.642. The maximum absolute atomic E-state index is 5.31. The van der Waals surface area contributed by atoms with Crippen LogP contribution in [-0.4, -0.2) is 32.5 Å². The predicted molar refractivity (Wildman–Crippen MR) is 90.3 cm³/mol. The molecule has 0 aliphatic rings. The molecular formula is C16H21N5OS. The van der Waals surface area contributed by atoms with Crippen molar-refractivity contribution in [3.05, 3.63) is 41.9 Å². The molecule has 0 fully saturated rings. The van der Waals surface area contributed by atoms with Gasteiger partial charge in [0, 0.05) is 24.9 Å². The van der Waals surface area contributed by atoms with Crippen molar-refractivity contribution in [3.63, 3.8) is 0 Å². The molecule has 2 atom stereocenters. The molecule has 0 aliphatic heterocycles. The summed E-state index contributed by atoms with van der Waals surface area (Å²) in [5.41, 5.74) is 0. The van der Waals surface area contributed by atoms with Crippen LogP contribution in [0.1, 0.15) is 32.2 Å². The fraction of sp³-hybridized carbons (Fsp3) is 0.438. The highest BCUT2D eigenvalue weighted by Gasteiger charge is 2.13. The third-order valence-corrected chi connectivity index (χ3v) is 4.77. The first-order valence-corrected chi connectivity index (χ1v) is 8.71. The van der Waals surface area contributed by atoms with Crippen molar-refractivity contribution in [2.45, 2.75) is 38.8 Å². The predicted octanol–water partition coefficient (Wildman–Crippen LogP) is 3.17. The van der Waals surface area contributed by atoms with Gasteiger partial charge in [0.2, 0.25) is 11.7 Å². The Morgan fingerprint density at radius 3 is 3.00 bits per heavy atom. The van der Waals surface area contributed by atoms with Gasteiger partial charge in [-0.3, -0.25) is 4.68 Å². The van der Waals surface area contributed by atoms with Crippen molar-refractivity contribution < 1.29 is 4.52 Å². The van der Waals surface area contributed by atoms with Gasteiger partial charge in [-0.05, 0) is 44.3 Å². The third-order valence-electron chi connectivity index (χ3n) is 3.91. The molecule has 0 aliphatic carbocycles. The standard InChI is InChI=1S/C16H21N5OS/c1-12(13(2)21-10-5-9-18-21)17-8-3-7-15-19-16(20-22-15)14-6-4-11-23-14/h4-6,9-13,17H,3,7-8H2,1-2H3/t12-,13-/m1/s1. The van der Waals surface area contributed by atoms with E-state index in [0.717, 1.165) is 24.3 Å². The van der Waals surface area contributed by atoms with Gasteiger partial charge in [-0.1, -0.05) is 11.2 Å². The molecule has 6 nitrogen and oxygen atoms in total. The Balaban J connectivity index is 1.41. The zero-order valence-corrected chi connectivity index (χ0v) is 14.2. The molecule has 0 spiro atoms. The highest BCUT2D eigenvalue weighted by atomic mass is 32.1. The minimum atomic E-state index is 0.318. The molecule has 3 rings (SSSR count). The van der Waals surface area contributed by atoms with Gasteiger partial charge in [0.25, 0.3) is 0 Å². The van der Waals surface area contributed by atoms with Gasteiger partial charge in [0.05, 0.1) is 10.9 Å². The van der Waals surface area contributed by atoms with Gasteiger partial charge in [-0.2, -0.15) is 10.1 Å². The molecule has 3 aromatic heterocycles. The number of nitrogens with one attached hydrogen (secondary N) is 1. The Morgan fingerprint density at radius 2 is 2.26 bits per heavy atom. The van der Waals surface area contributed by atoms with E-state index in [9.17, 15) is 0 Å². The lowest BCUT2D eigenvalue weighted by molar-refractivity contribution is 0.353. The van der Waals surface area contributed by atoms with E-state index >= 15 is 0 Å². The maximum atomic E-state index is 5.31. The van der Waals surface area contributed by atoms with Gasteiger partial charge in [0.1, 0.15) is 0 Å². The summed E-state index contributed by atoms with van der Waals surface area (Å²) in [5, 5.41) is 13.8. The summed E-state index contributed by atoms with van der Waals surface area (Å²) < 4.78 is 7.28. The number of thiophene rings is 1. The molecule has 7 heteroatoms. The van der Waals surface area contributed by atoms with E-state index in [2.05, 4.69) is 34.4 Å². The lowest BCUT2D eigenvalue weighted by atomic mass is 10.1. The second-order valence-corrected chi connectivity index (χ2v) is 6.51. The van der Waals surface area contributed by atoms with Crippen LogP contribution in [0, 0.1) is 0 Å². The summed E-state index contributed by atoms with van der Waals surface area (Å²) in [7, 11) is 0. The number of aryl methyl sites for hydroxylation is 1. The van der Waals surface area contributed by atoms with Crippen LogP contribution in [0.15, 0.2) is 40.5 Å². The molecule has 1 N–H and O–H groups in total. The van der Waals surface area contributed by atoms with Crippen molar-refractivity contribution in [2.75, 3.05) is 6.54 Å². The minimum Gasteiger partial charge on any atom is -0.339 e. The smallest absolute Gasteiger partial charge is 0.227 e. The Kier molecular flexibility index (Phi) is 5.19. The molecule has 0 saturated heterocycles. The Labute approximate surface area is 139 Å². The minimum absolute atomic E-state index is 0.318. The third kappa shape index (κ3) is 4.05. The zero-order valence-electron chi connectivity index (χ0n) is 13.3. The van der Waals surface area contributed by atoms with Crippen molar-refractivity contribution in [3.8, 4) is 10.7 Å². The van der Waals surface area contributed by atoms with Crippen molar-refractivity contribution in [1.82, 2.24) is 25.2 Å². The van der Waals surface area contributed by atoms with Crippen LogP contribution >= 0.6 is 11.3 Å². The summed E-state index contributed by atoms with van der Waals surface area (Å²) in [6, 6.07) is 6.60. The summed E-state index contributed by atoms with van der Waals surface area (Å²) in [6.45, 7) is 5.24. The molecule has 0 bridgehead atoms. The first kappa shape index (κ1) is 15.9. The second-order valence-electron chi connectivity index (χ2n) is 5.56. The Bertz CT molecular complexity index is 692. The normalized spacial score (nSPS) is 14.0. The number of aromatic nitrogens is 4. The summed E-state index contributed by atoms with van der Waals surface area (Å²) in [5.74, 6) is 1.38. The van der Waals surface area contributed by atoms with Crippen molar-refractivity contribution in [2.24, 2.45) is 0 Å². The van der Waals surface area contributed by atoms with Crippen LogP contribution in [0.2, 0.25) is 0 Å². The molecule has 3 heterocycles. The van der Waals surface area contributed by atoms with E-state index in [1.807, 2.05) is 40.7 Å². The average molecular weight is 331 g/mol.